The highest BCUT2D eigenvalue weighted by atomic mass is 32.2. The number of amides is 2. The van der Waals surface area contributed by atoms with Gasteiger partial charge in [0.05, 0.1) is 6.04 Å². The number of carbonyl (C=O) groups is 5. The molecular weight excluding hydrogens is 548 g/mol. The molecule has 2 unspecified atom stereocenters. The second-order valence-corrected chi connectivity index (χ2v) is 16.8. The lowest BCUT2D eigenvalue weighted by Gasteiger charge is -2.39. The van der Waals surface area contributed by atoms with Crippen molar-refractivity contribution >= 4 is 40.9 Å². The zero-order valence-electron chi connectivity index (χ0n) is 26.8. The number of rotatable bonds is 15. The molecule has 3 aliphatic carbocycles. The van der Waals surface area contributed by atoms with E-state index >= 15 is 0 Å². The largest absolute Gasteiger partial charge is 0.363 e. The molecular formula is C34H54N2O5S. The lowest BCUT2D eigenvalue weighted by molar-refractivity contribution is -0.148. The van der Waals surface area contributed by atoms with Crippen LogP contribution < -0.4 is 5.73 Å². The van der Waals surface area contributed by atoms with E-state index in [9.17, 15) is 24.0 Å². The van der Waals surface area contributed by atoms with Gasteiger partial charge in [-0.05, 0) is 71.7 Å². The summed E-state index contributed by atoms with van der Waals surface area (Å²) in [6.07, 6.45) is 12.1. The summed E-state index contributed by atoms with van der Waals surface area (Å²) in [5.41, 5.74) is 4.90. The van der Waals surface area contributed by atoms with Crippen LogP contribution in [-0.4, -0.2) is 58.7 Å². The molecule has 0 aromatic heterocycles. The van der Waals surface area contributed by atoms with E-state index in [1.807, 2.05) is 32.5 Å². The quantitative estimate of drug-likeness (QED) is 0.244. The van der Waals surface area contributed by atoms with Gasteiger partial charge in [0.25, 0.3) is 5.91 Å². The molecule has 2 amide bonds. The van der Waals surface area contributed by atoms with Gasteiger partial charge in [0, 0.05) is 37.6 Å². The minimum atomic E-state index is -0.989. The maximum atomic E-state index is 14.4. The van der Waals surface area contributed by atoms with Gasteiger partial charge in [-0.3, -0.25) is 24.0 Å². The third-order valence-corrected chi connectivity index (χ3v) is 11.9. The lowest BCUT2D eigenvalue weighted by Crippen LogP contribution is -2.51. The summed E-state index contributed by atoms with van der Waals surface area (Å²) in [7, 11) is 0. The van der Waals surface area contributed by atoms with E-state index in [1.165, 1.54) is 19.3 Å². The zero-order chi connectivity index (χ0) is 31.0. The van der Waals surface area contributed by atoms with E-state index in [0.29, 0.717) is 25.3 Å². The van der Waals surface area contributed by atoms with Crippen LogP contribution in [-0.2, 0) is 24.0 Å². The van der Waals surface area contributed by atoms with Crippen molar-refractivity contribution < 1.29 is 24.0 Å². The smallest absolute Gasteiger partial charge is 0.285 e. The minimum absolute atomic E-state index is 0.0348. The Labute approximate surface area is 257 Å². The Morgan fingerprint density at radius 1 is 1.00 bits per heavy atom. The van der Waals surface area contributed by atoms with E-state index < -0.39 is 35.0 Å². The van der Waals surface area contributed by atoms with Crippen LogP contribution in [0.1, 0.15) is 112 Å². The molecule has 4 aliphatic rings. The van der Waals surface area contributed by atoms with Gasteiger partial charge in [-0.25, -0.2) is 0 Å². The molecule has 42 heavy (non-hydrogen) atoms. The first-order valence-corrected chi connectivity index (χ1v) is 17.7. The highest BCUT2D eigenvalue weighted by molar-refractivity contribution is 7.98. The number of primary amides is 1. The van der Waals surface area contributed by atoms with Gasteiger partial charge in [-0.15, -0.1) is 0 Å². The number of fused-ring (bicyclic) bond motifs is 1. The second-order valence-electron chi connectivity index (χ2n) is 15.8. The second kappa shape index (κ2) is 12.7. The Balaban J connectivity index is 1.52. The number of thioether (sulfide) groups is 1. The fourth-order valence-corrected chi connectivity index (χ4v) is 8.94. The SMILES string of the molecule is CSCCC1(CC(=O)C[C@H](C(=O)N2CC3[C@@H]([C@H]2C(=O)CC(CC2CC2)C(=O)C(N)=O)C3(C)C)C(C)(C)C)CCCCC1. The van der Waals surface area contributed by atoms with E-state index in [-0.39, 0.29) is 53.0 Å². The summed E-state index contributed by atoms with van der Waals surface area (Å²) < 4.78 is 0. The molecule has 3 saturated carbocycles. The number of Topliss-reactive ketones (excluding diaryl/α,β-unsaturated/α-hetero) is 3. The maximum absolute atomic E-state index is 14.4. The number of piperidine rings is 1. The molecule has 2 N–H and O–H groups in total. The average molecular weight is 603 g/mol. The summed E-state index contributed by atoms with van der Waals surface area (Å²) in [5, 5.41) is 0. The van der Waals surface area contributed by atoms with E-state index in [2.05, 4.69) is 20.1 Å². The molecule has 236 valence electrons. The van der Waals surface area contributed by atoms with Crippen molar-refractivity contribution in [3.63, 3.8) is 0 Å². The summed E-state index contributed by atoms with van der Waals surface area (Å²) in [5.74, 6) is -1.32. The van der Waals surface area contributed by atoms with E-state index in [0.717, 1.165) is 37.9 Å². The standard InChI is InChI=1S/C34H54N2O5S/c1-32(2,3)24(18-23(37)19-34(14-15-42-6)12-8-7-9-13-34)31(41)36-20-25-27(33(25,4)5)28(36)26(38)17-22(16-21-10-11-21)29(39)30(35)40/h21-22,24-25,27-28H,7-20H2,1-6H3,(H2,35,40)/t22?,24-,25?,27+,28-/m1/s1. The molecule has 0 spiro atoms. The van der Waals surface area contributed by atoms with Crippen molar-refractivity contribution in [2.45, 2.75) is 118 Å². The zero-order valence-corrected chi connectivity index (χ0v) is 27.7. The van der Waals surface area contributed by atoms with Gasteiger partial charge in [0.1, 0.15) is 5.78 Å². The molecule has 8 heteroatoms. The number of ketones is 3. The summed E-state index contributed by atoms with van der Waals surface area (Å²) in [6, 6.07) is -0.619. The van der Waals surface area contributed by atoms with Gasteiger partial charge < -0.3 is 10.6 Å². The number of nitrogens with two attached hydrogens (primary N) is 1. The van der Waals surface area contributed by atoms with Crippen molar-refractivity contribution in [1.82, 2.24) is 4.90 Å². The molecule has 5 atom stereocenters. The predicted octanol–water partition coefficient (Wildman–Crippen LogP) is 5.61. The molecule has 1 saturated heterocycles. The Kier molecular flexibility index (Phi) is 10.1. The molecule has 0 radical (unpaired) electrons. The van der Waals surface area contributed by atoms with Gasteiger partial charge in [0.2, 0.25) is 11.7 Å². The third kappa shape index (κ3) is 7.32. The molecule has 4 fully saturated rings. The van der Waals surface area contributed by atoms with Gasteiger partial charge in [0.15, 0.2) is 5.78 Å². The number of nitrogens with zero attached hydrogens (tertiary/aromatic N) is 1. The van der Waals surface area contributed by atoms with Crippen LogP contribution in [0.15, 0.2) is 0 Å². The summed E-state index contributed by atoms with van der Waals surface area (Å²) in [4.78, 5) is 68.2. The van der Waals surface area contributed by atoms with E-state index in [1.54, 1.807) is 4.90 Å². The van der Waals surface area contributed by atoms with Gasteiger partial charge >= 0.3 is 0 Å². The van der Waals surface area contributed by atoms with Crippen LogP contribution in [0.5, 0.6) is 0 Å². The van der Waals surface area contributed by atoms with Crippen LogP contribution in [0.3, 0.4) is 0 Å². The first kappa shape index (κ1) is 33.2. The Hall–Kier alpha value is -1.70. The van der Waals surface area contributed by atoms with Crippen LogP contribution in [0, 0.1) is 45.8 Å². The fourth-order valence-electron chi connectivity index (χ4n) is 8.30. The first-order valence-electron chi connectivity index (χ1n) is 16.3. The Morgan fingerprint density at radius 3 is 2.19 bits per heavy atom. The van der Waals surface area contributed by atoms with Crippen molar-refractivity contribution in [3.8, 4) is 0 Å². The lowest BCUT2D eigenvalue weighted by atomic mass is 9.67. The normalized spacial score (nSPS) is 27.6. The average Bonchev–Trinajstić information content (AvgIpc) is 3.76. The molecule has 7 nitrogen and oxygen atoms in total. The van der Waals surface area contributed by atoms with Crippen LogP contribution >= 0.6 is 11.8 Å². The van der Waals surface area contributed by atoms with Crippen LogP contribution in [0.4, 0.5) is 0 Å². The Bertz CT molecular complexity index is 1070. The number of hydrogen-bond donors (Lipinski definition) is 1. The van der Waals surface area contributed by atoms with Crippen molar-refractivity contribution in [3.05, 3.63) is 0 Å². The topological polar surface area (TPSA) is 115 Å². The molecule has 4 rings (SSSR count). The Morgan fingerprint density at radius 2 is 1.64 bits per heavy atom. The molecule has 1 heterocycles. The number of hydrogen-bond acceptors (Lipinski definition) is 6. The third-order valence-electron chi connectivity index (χ3n) is 11.3. The van der Waals surface area contributed by atoms with Crippen molar-refractivity contribution in [2.24, 2.45) is 51.6 Å². The molecule has 0 aromatic rings. The fraction of sp³-hybridized carbons (Fsp3) is 0.853. The van der Waals surface area contributed by atoms with Crippen LogP contribution in [0.25, 0.3) is 0 Å². The monoisotopic (exact) mass is 602 g/mol. The van der Waals surface area contributed by atoms with Crippen LogP contribution in [0.2, 0.25) is 0 Å². The number of likely N-dealkylation sites (tertiary alicyclic amines) is 1. The molecule has 0 aromatic carbocycles. The highest BCUT2D eigenvalue weighted by Crippen LogP contribution is 2.65. The summed E-state index contributed by atoms with van der Waals surface area (Å²) in [6.45, 7) is 10.8. The predicted molar refractivity (Wildman–Crippen MR) is 167 cm³/mol. The molecule has 1 aliphatic heterocycles. The number of carbonyl (C=O) groups excluding carboxylic acids is 5. The maximum Gasteiger partial charge on any atom is 0.285 e. The van der Waals surface area contributed by atoms with E-state index in [4.69, 9.17) is 5.73 Å². The first-order chi connectivity index (χ1) is 19.6. The highest BCUT2D eigenvalue weighted by Gasteiger charge is 2.69. The van der Waals surface area contributed by atoms with Gasteiger partial charge in [-0.2, -0.15) is 11.8 Å². The van der Waals surface area contributed by atoms with Gasteiger partial charge in [-0.1, -0.05) is 66.7 Å². The molecule has 0 bridgehead atoms. The summed E-state index contributed by atoms with van der Waals surface area (Å²) >= 11 is 1.83. The minimum Gasteiger partial charge on any atom is -0.363 e. The van der Waals surface area contributed by atoms with Crippen molar-refractivity contribution in [1.29, 1.82) is 0 Å². The van der Waals surface area contributed by atoms with Crippen molar-refractivity contribution in [2.75, 3.05) is 18.6 Å².